The highest BCUT2D eigenvalue weighted by atomic mass is 14.2. The van der Waals surface area contributed by atoms with Gasteiger partial charge in [-0.3, -0.25) is 0 Å². The first kappa shape index (κ1) is 12.3. The van der Waals surface area contributed by atoms with Gasteiger partial charge in [-0.2, -0.15) is 0 Å². The van der Waals surface area contributed by atoms with Crippen LogP contribution in [0.15, 0.2) is 34.9 Å². The van der Waals surface area contributed by atoms with Crippen molar-refractivity contribution in [2.75, 3.05) is 0 Å². The Morgan fingerprint density at radius 3 is 2.53 bits per heavy atom. The van der Waals surface area contributed by atoms with E-state index in [9.17, 15) is 0 Å². The first-order chi connectivity index (χ1) is 7.31. The summed E-state index contributed by atoms with van der Waals surface area (Å²) in [6, 6.07) is 0. The minimum Gasteiger partial charge on any atom is -0.0888 e. The monoisotopic (exact) mass is 204 g/mol. The van der Waals surface area contributed by atoms with Crippen LogP contribution in [0.5, 0.6) is 0 Å². The SMILES string of the molecule is CCC=CCCC1=C(CC)CC(CC)=C1. The van der Waals surface area contributed by atoms with Gasteiger partial charge in [0.15, 0.2) is 0 Å². The summed E-state index contributed by atoms with van der Waals surface area (Å²) >= 11 is 0. The van der Waals surface area contributed by atoms with Crippen LogP contribution in [-0.4, -0.2) is 0 Å². The molecule has 0 saturated carbocycles. The summed E-state index contributed by atoms with van der Waals surface area (Å²) in [4.78, 5) is 0. The van der Waals surface area contributed by atoms with Crippen LogP contribution >= 0.6 is 0 Å². The zero-order chi connectivity index (χ0) is 11.1. The summed E-state index contributed by atoms with van der Waals surface area (Å²) in [5.74, 6) is 0. The van der Waals surface area contributed by atoms with Crippen molar-refractivity contribution in [3.05, 3.63) is 34.9 Å². The molecular weight excluding hydrogens is 180 g/mol. The average Bonchev–Trinajstić information content (AvgIpc) is 2.67. The van der Waals surface area contributed by atoms with Gasteiger partial charge in [0.1, 0.15) is 0 Å². The quantitative estimate of drug-likeness (QED) is 0.523. The molecule has 0 heteroatoms. The van der Waals surface area contributed by atoms with E-state index in [0.29, 0.717) is 0 Å². The zero-order valence-electron chi connectivity index (χ0n) is 10.5. The molecule has 0 unspecified atom stereocenters. The maximum absolute atomic E-state index is 2.44. The van der Waals surface area contributed by atoms with Crippen molar-refractivity contribution < 1.29 is 0 Å². The second-order valence-corrected chi connectivity index (χ2v) is 4.23. The van der Waals surface area contributed by atoms with Crippen LogP contribution in [0.1, 0.15) is 59.3 Å². The Morgan fingerprint density at radius 2 is 1.93 bits per heavy atom. The molecular formula is C15H24. The average molecular weight is 204 g/mol. The number of hydrogen-bond donors (Lipinski definition) is 0. The Bertz CT molecular complexity index is 276. The Kier molecular flexibility index (Phi) is 5.45. The van der Waals surface area contributed by atoms with Crippen molar-refractivity contribution in [1.82, 2.24) is 0 Å². The fourth-order valence-corrected chi connectivity index (χ4v) is 2.14. The van der Waals surface area contributed by atoms with Crippen LogP contribution in [0.2, 0.25) is 0 Å². The third-order valence-corrected chi connectivity index (χ3v) is 3.14. The van der Waals surface area contributed by atoms with Crippen molar-refractivity contribution in [2.45, 2.75) is 59.3 Å². The minimum absolute atomic E-state index is 1.16. The molecule has 0 nitrogen and oxygen atoms in total. The number of rotatable bonds is 6. The van der Waals surface area contributed by atoms with E-state index in [1.165, 1.54) is 32.1 Å². The van der Waals surface area contributed by atoms with Gasteiger partial charge in [-0.05, 0) is 44.1 Å². The first-order valence-corrected chi connectivity index (χ1v) is 6.37. The molecule has 0 atom stereocenters. The van der Waals surface area contributed by atoms with Gasteiger partial charge in [0.2, 0.25) is 0 Å². The molecule has 0 saturated heterocycles. The summed E-state index contributed by atoms with van der Waals surface area (Å²) in [7, 11) is 0. The zero-order valence-corrected chi connectivity index (χ0v) is 10.5. The van der Waals surface area contributed by atoms with E-state index < -0.39 is 0 Å². The fraction of sp³-hybridized carbons (Fsp3) is 0.600. The molecule has 0 N–H and O–H groups in total. The Balaban J connectivity index is 2.49. The van der Waals surface area contributed by atoms with Gasteiger partial charge in [0.25, 0.3) is 0 Å². The summed E-state index contributed by atoms with van der Waals surface area (Å²) < 4.78 is 0. The summed E-state index contributed by atoms with van der Waals surface area (Å²) in [6.07, 6.45) is 14.3. The predicted molar refractivity (Wildman–Crippen MR) is 69.0 cm³/mol. The molecule has 0 spiro atoms. The molecule has 0 aromatic rings. The van der Waals surface area contributed by atoms with Crippen LogP contribution in [0, 0.1) is 0 Å². The lowest BCUT2D eigenvalue weighted by Crippen LogP contribution is -1.83. The lowest BCUT2D eigenvalue weighted by Gasteiger charge is -2.02. The largest absolute Gasteiger partial charge is 0.0888 e. The fourth-order valence-electron chi connectivity index (χ4n) is 2.14. The van der Waals surface area contributed by atoms with Gasteiger partial charge >= 0.3 is 0 Å². The third kappa shape index (κ3) is 3.70. The van der Waals surface area contributed by atoms with Gasteiger partial charge in [0.05, 0.1) is 0 Å². The molecule has 15 heavy (non-hydrogen) atoms. The van der Waals surface area contributed by atoms with Gasteiger partial charge in [-0.15, -0.1) is 0 Å². The molecule has 84 valence electrons. The van der Waals surface area contributed by atoms with Crippen LogP contribution in [-0.2, 0) is 0 Å². The van der Waals surface area contributed by atoms with E-state index in [2.05, 4.69) is 39.0 Å². The van der Waals surface area contributed by atoms with E-state index in [-0.39, 0.29) is 0 Å². The normalized spacial score (nSPS) is 16.6. The molecule has 0 heterocycles. The van der Waals surface area contributed by atoms with Crippen molar-refractivity contribution >= 4 is 0 Å². The molecule has 1 rings (SSSR count). The number of hydrogen-bond acceptors (Lipinski definition) is 0. The second kappa shape index (κ2) is 6.66. The maximum atomic E-state index is 2.44. The first-order valence-electron chi connectivity index (χ1n) is 6.37. The highest BCUT2D eigenvalue weighted by Gasteiger charge is 2.12. The molecule has 0 aromatic carbocycles. The molecule has 1 aliphatic carbocycles. The Hall–Kier alpha value is -0.780. The molecule has 0 amide bonds. The topological polar surface area (TPSA) is 0 Å². The third-order valence-electron chi connectivity index (χ3n) is 3.14. The molecule has 0 aromatic heterocycles. The van der Waals surface area contributed by atoms with E-state index in [1.54, 1.807) is 16.7 Å². The van der Waals surface area contributed by atoms with E-state index >= 15 is 0 Å². The standard InChI is InChI=1S/C15H24/c1-4-7-8-9-10-15-12-13(5-2)11-14(15)6-3/h7-8,12H,4-6,9-11H2,1-3H3. The predicted octanol–water partition coefficient (Wildman–Crippen LogP) is 5.18. The van der Waals surface area contributed by atoms with E-state index in [1.807, 2.05) is 0 Å². The summed E-state index contributed by atoms with van der Waals surface area (Å²) in [5, 5.41) is 0. The highest BCUT2D eigenvalue weighted by Crippen LogP contribution is 2.31. The summed E-state index contributed by atoms with van der Waals surface area (Å²) in [5.41, 5.74) is 4.92. The molecule has 0 fully saturated rings. The number of allylic oxidation sites excluding steroid dienone is 6. The minimum atomic E-state index is 1.16. The maximum Gasteiger partial charge on any atom is -0.00996 e. The smallest absolute Gasteiger partial charge is 0.00996 e. The lowest BCUT2D eigenvalue weighted by atomic mass is 10.0. The van der Waals surface area contributed by atoms with Crippen LogP contribution in [0.25, 0.3) is 0 Å². The second-order valence-electron chi connectivity index (χ2n) is 4.23. The Morgan fingerprint density at radius 1 is 1.13 bits per heavy atom. The Labute approximate surface area is 94.8 Å². The van der Waals surface area contributed by atoms with Gasteiger partial charge in [-0.1, -0.05) is 50.1 Å². The van der Waals surface area contributed by atoms with E-state index in [0.717, 1.165) is 6.42 Å². The van der Waals surface area contributed by atoms with Crippen molar-refractivity contribution in [1.29, 1.82) is 0 Å². The van der Waals surface area contributed by atoms with Crippen molar-refractivity contribution in [3.63, 3.8) is 0 Å². The van der Waals surface area contributed by atoms with Crippen LogP contribution in [0.3, 0.4) is 0 Å². The van der Waals surface area contributed by atoms with Gasteiger partial charge in [-0.25, -0.2) is 0 Å². The van der Waals surface area contributed by atoms with Crippen molar-refractivity contribution in [3.8, 4) is 0 Å². The molecule has 1 aliphatic rings. The van der Waals surface area contributed by atoms with Crippen LogP contribution in [0.4, 0.5) is 0 Å². The van der Waals surface area contributed by atoms with Crippen LogP contribution < -0.4 is 0 Å². The lowest BCUT2D eigenvalue weighted by molar-refractivity contribution is 0.926. The summed E-state index contributed by atoms with van der Waals surface area (Å²) in [6.45, 7) is 6.74. The molecule has 0 bridgehead atoms. The molecule has 0 radical (unpaired) electrons. The van der Waals surface area contributed by atoms with Gasteiger partial charge in [0, 0.05) is 0 Å². The van der Waals surface area contributed by atoms with E-state index in [4.69, 9.17) is 0 Å². The van der Waals surface area contributed by atoms with Gasteiger partial charge < -0.3 is 0 Å². The molecule has 0 aliphatic heterocycles. The highest BCUT2D eigenvalue weighted by molar-refractivity contribution is 5.39. The van der Waals surface area contributed by atoms with Crippen molar-refractivity contribution in [2.24, 2.45) is 0 Å².